The van der Waals surface area contributed by atoms with Crippen LogP contribution in [0.2, 0.25) is 0 Å². The van der Waals surface area contributed by atoms with E-state index in [9.17, 15) is 14.0 Å². The molecule has 0 aliphatic heterocycles. The van der Waals surface area contributed by atoms with Crippen LogP contribution in [0, 0.1) is 12.7 Å². The molecule has 0 aliphatic rings. The Morgan fingerprint density at radius 1 is 1.30 bits per heavy atom. The minimum atomic E-state index is -0.533. The molecule has 6 heteroatoms. The first kappa shape index (κ1) is 15.9. The van der Waals surface area contributed by atoms with Crippen molar-refractivity contribution in [2.24, 2.45) is 0 Å². The van der Waals surface area contributed by atoms with Crippen LogP contribution in [0.3, 0.4) is 0 Å². The van der Waals surface area contributed by atoms with Crippen molar-refractivity contribution < 1.29 is 14.0 Å². The molecule has 0 aromatic heterocycles. The van der Waals surface area contributed by atoms with E-state index in [0.29, 0.717) is 6.54 Å². The van der Waals surface area contributed by atoms with Gasteiger partial charge in [0, 0.05) is 6.54 Å². The van der Waals surface area contributed by atoms with Crippen LogP contribution >= 0.6 is 0 Å². The number of unbranched alkanes of at least 4 members (excludes halogenated alkanes) is 1. The summed E-state index contributed by atoms with van der Waals surface area (Å²) in [5.74, 6) is -0.941. The summed E-state index contributed by atoms with van der Waals surface area (Å²) in [5.41, 5.74) is 1.03. The van der Waals surface area contributed by atoms with Crippen LogP contribution in [-0.4, -0.2) is 25.0 Å². The number of rotatable bonds is 6. The Morgan fingerprint density at radius 2 is 2.05 bits per heavy atom. The van der Waals surface area contributed by atoms with Gasteiger partial charge >= 0.3 is 6.03 Å². The lowest BCUT2D eigenvalue weighted by molar-refractivity contribution is -0.118. The highest BCUT2D eigenvalue weighted by molar-refractivity contribution is 5.96. The first-order valence-electron chi connectivity index (χ1n) is 6.60. The van der Waals surface area contributed by atoms with Gasteiger partial charge in [0.25, 0.3) is 0 Å². The maximum atomic E-state index is 13.5. The Labute approximate surface area is 117 Å². The zero-order chi connectivity index (χ0) is 15.0. The molecule has 0 atom stereocenters. The molecule has 0 bridgehead atoms. The molecule has 3 N–H and O–H groups in total. The first-order valence-corrected chi connectivity index (χ1v) is 6.60. The molecule has 0 unspecified atom stereocenters. The highest BCUT2D eigenvalue weighted by Gasteiger charge is 2.08. The van der Waals surface area contributed by atoms with E-state index in [-0.39, 0.29) is 12.2 Å². The number of urea groups is 1. The van der Waals surface area contributed by atoms with Crippen LogP contribution in [0.5, 0.6) is 0 Å². The number of hydrogen-bond donors (Lipinski definition) is 3. The maximum Gasteiger partial charge on any atom is 0.321 e. The smallest absolute Gasteiger partial charge is 0.321 e. The molecule has 0 saturated heterocycles. The quantitative estimate of drug-likeness (QED) is 0.700. The van der Waals surface area contributed by atoms with Gasteiger partial charge in [-0.2, -0.15) is 0 Å². The molecule has 5 nitrogen and oxygen atoms in total. The molecule has 1 aromatic carbocycles. The van der Waals surface area contributed by atoms with Gasteiger partial charge in [0.15, 0.2) is 0 Å². The summed E-state index contributed by atoms with van der Waals surface area (Å²) >= 11 is 0. The van der Waals surface area contributed by atoms with Gasteiger partial charge in [-0.15, -0.1) is 0 Å². The van der Waals surface area contributed by atoms with E-state index in [2.05, 4.69) is 16.0 Å². The number of halogens is 1. The van der Waals surface area contributed by atoms with Crippen molar-refractivity contribution >= 4 is 17.6 Å². The molecular formula is C14H20FN3O2. The molecule has 0 spiro atoms. The Kier molecular flexibility index (Phi) is 6.49. The third-order valence-electron chi connectivity index (χ3n) is 2.63. The number of benzene rings is 1. The lowest BCUT2D eigenvalue weighted by Gasteiger charge is -2.09. The molecule has 20 heavy (non-hydrogen) atoms. The van der Waals surface area contributed by atoms with E-state index >= 15 is 0 Å². The van der Waals surface area contributed by atoms with Crippen LogP contribution in [0.25, 0.3) is 0 Å². The average Bonchev–Trinajstić information content (AvgIpc) is 2.38. The normalized spacial score (nSPS) is 9.95. The summed E-state index contributed by atoms with van der Waals surface area (Å²) < 4.78 is 13.5. The van der Waals surface area contributed by atoms with Gasteiger partial charge in [-0.05, 0) is 31.0 Å². The second-order valence-electron chi connectivity index (χ2n) is 4.49. The monoisotopic (exact) mass is 281 g/mol. The van der Waals surface area contributed by atoms with Crippen molar-refractivity contribution in [3.63, 3.8) is 0 Å². The van der Waals surface area contributed by atoms with E-state index < -0.39 is 17.8 Å². The molecule has 0 radical (unpaired) electrons. The predicted molar refractivity (Wildman–Crippen MR) is 76.1 cm³/mol. The van der Waals surface area contributed by atoms with Gasteiger partial charge in [-0.25, -0.2) is 9.18 Å². The van der Waals surface area contributed by atoms with Crippen molar-refractivity contribution in [1.29, 1.82) is 0 Å². The Bertz CT molecular complexity index is 477. The summed E-state index contributed by atoms with van der Waals surface area (Å²) in [5, 5.41) is 7.37. The average molecular weight is 281 g/mol. The lowest BCUT2D eigenvalue weighted by Crippen LogP contribution is -2.42. The molecule has 1 aromatic rings. The van der Waals surface area contributed by atoms with E-state index in [4.69, 9.17) is 0 Å². The van der Waals surface area contributed by atoms with E-state index in [1.807, 2.05) is 6.92 Å². The van der Waals surface area contributed by atoms with Crippen LogP contribution in [0.4, 0.5) is 14.9 Å². The van der Waals surface area contributed by atoms with E-state index in [1.54, 1.807) is 19.1 Å². The van der Waals surface area contributed by atoms with Crippen molar-refractivity contribution in [3.8, 4) is 0 Å². The van der Waals surface area contributed by atoms with Gasteiger partial charge in [0.1, 0.15) is 5.82 Å². The van der Waals surface area contributed by atoms with Crippen molar-refractivity contribution in [2.45, 2.75) is 26.7 Å². The summed E-state index contributed by atoms with van der Waals surface area (Å²) in [4.78, 5) is 22.8. The van der Waals surface area contributed by atoms with Crippen LogP contribution in [0.15, 0.2) is 18.2 Å². The summed E-state index contributed by atoms with van der Waals surface area (Å²) in [6.45, 7) is 4.14. The summed E-state index contributed by atoms with van der Waals surface area (Å²) in [7, 11) is 0. The number of anilines is 1. The zero-order valence-electron chi connectivity index (χ0n) is 11.8. The van der Waals surface area contributed by atoms with Crippen LogP contribution in [-0.2, 0) is 4.79 Å². The fraction of sp³-hybridized carbons (Fsp3) is 0.429. The first-order chi connectivity index (χ1) is 9.52. The standard InChI is InChI=1S/C14H20FN3O2/c1-3-4-7-16-14(20)18-13(19)9-17-12-6-5-10(2)8-11(12)15/h5-6,8,17H,3-4,7,9H2,1-2H3,(H2,16,18,19,20). The minimum absolute atomic E-state index is 0.165. The molecular weight excluding hydrogens is 261 g/mol. The van der Waals surface area contributed by atoms with Gasteiger partial charge in [0.05, 0.1) is 12.2 Å². The van der Waals surface area contributed by atoms with E-state index in [1.165, 1.54) is 6.07 Å². The van der Waals surface area contributed by atoms with Crippen molar-refractivity contribution in [2.75, 3.05) is 18.4 Å². The molecule has 1 rings (SSSR count). The number of hydrogen-bond acceptors (Lipinski definition) is 3. The number of aryl methyl sites for hydroxylation is 1. The third kappa shape index (κ3) is 5.69. The predicted octanol–water partition coefficient (Wildman–Crippen LogP) is 2.17. The largest absolute Gasteiger partial charge is 0.374 e. The van der Waals surface area contributed by atoms with Gasteiger partial charge in [-0.3, -0.25) is 10.1 Å². The molecule has 0 aliphatic carbocycles. The van der Waals surface area contributed by atoms with E-state index in [0.717, 1.165) is 18.4 Å². The zero-order valence-corrected chi connectivity index (χ0v) is 11.8. The second-order valence-corrected chi connectivity index (χ2v) is 4.49. The number of carbonyl (C=O) groups is 2. The van der Waals surface area contributed by atoms with Gasteiger partial charge < -0.3 is 10.6 Å². The highest BCUT2D eigenvalue weighted by atomic mass is 19.1. The molecule has 0 saturated carbocycles. The number of imide groups is 1. The fourth-order valence-corrected chi connectivity index (χ4v) is 1.53. The summed E-state index contributed by atoms with van der Waals surface area (Å²) in [6.07, 6.45) is 1.82. The number of amides is 3. The summed E-state index contributed by atoms with van der Waals surface area (Å²) in [6, 6.07) is 4.13. The lowest BCUT2D eigenvalue weighted by atomic mass is 10.2. The second kappa shape index (κ2) is 8.14. The van der Waals surface area contributed by atoms with Gasteiger partial charge in [-0.1, -0.05) is 19.4 Å². The maximum absolute atomic E-state index is 13.5. The SMILES string of the molecule is CCCCNC(=O)NC(=O)CNc1ccc(C)cc1F. The van der Waals surface area contributed by atoms with Crippen molar-refractivity contribution in [1.82, 2.24) is 10.6 Å². The third-order valence-corrected chi connectivity index (χ3v) is 2.63. The van der Waals surface area contributed by atoms with Gasteiger partial charge in [0.2, 0.25) is 5.91 Å². The highest BCUT2D eigenvalue weighted by Crippen LogP contribution is 2.14. The van der Waals surface area contributed by atoms with Crippen LogP contribution < -0.4 is 16.0 Å². The molecule has 110 valence electrons. The molecule has 0 fully saturated rings. The Balaban J connectivity index is 2.34. The minimum Gasteiger partial charge on any atom is -0.374 e. The topological polar surface area (TPSA) is 70.2 Å². The Morgan fingerprint density at radius 3 is 2.70 bits per heavy atom. The van der Waals surface area contributed by atoms with Crippen molar-refractivity contribution in [3.05, 3.63) is 29.6 Å². The Hall–Kier alpha value is -2.11. The fourth-order valence-electron chi connectivity index (χ4n) is 1.53. The molecule has 0 heterocycles. The van der Waals surface area contributed by atoms with Crippen LogP contribution in [0.1, 0.15) is 25.3 Å². The number of nitrogens with one attached hydrogen (secondary N) is 3. The number of carbonyl (C=O) groups excluding carboxylic acids is 2. The molecule has 3 amide bonds.